The summed E-state index contributed by atoms with van der Waals surface area (Å²) in [5.41, 5.74) is 11.8. The maximum atomic E-state index is 6.72. The van der Waals surface area contributed by atoms with Crippen LogP contribution >= 0.6 is 0 Å². The number of anilines is 3. The quantitative estimate of drug-likeness (QED) is 0.163. The highest BCUT2D eigenvalue weighted by molar-refractivity contribution is 6.13. The molecule has 11 rings (SSSR count). The van der Waals surface area contributed by atoms with Gasteiger partial charge in [0.1, 0.15) is 11.2 Å². The minimum Gasteiger partial charge on any atom is -0.456 e. The van der Waals surface area contributed by atoms with Crippen LogP contribution < -0.4 is 4.90 Å². The van der Waals surface area contributed by atoms with Crippen LogP contribution in [0.5, 0.6) is 0 Å². The molecule has 58 heavy (non-hydrogen) atoms. The van der Waals surface area contributed by atoms with Gasteiger partial charge in [0.15, 0.2) is 5.82 Å². The number of furan rings is 1. The molecule has 0 fully saturated rings. The molecule has 0 spiro atoms. The van der Waals surface area contributed by atoms with Crippen molar-refractivity contribution in [2.24, 2.45) is 0 Å². The molecule has 11 aromatic rings. The van der Waals surface area contributed by atoms with E-state index < -0.39 is 0 Å². The second-order valence-corrected chi connectivity index (χ2v) is 14.6. The van der Waals surface area contributed by atoms with E-state index in [0.717, 1.165) is 78.2 Å². The number of aromatic nitrogens is 2. The molecule has 0 atom stereocenters. The minimum absolute atomic E-state index is 0.683. The van der Waals surface area contributed by atoms with Gasteiger partial charge in [-0.3, -0.25) is 0 Å². The van der Waals surface area contributed by atoms with Crippen molar-refractivity contribution >= 4 is 60.5 Å². The zero-order chi connectivity index (χ0) is 38.4. The topological polar surface area (TPSA) is 42.2 Å². The van der Waals surface area contributed by atoms with Crippen LogP contribution in [0, 0.1) is 0 Å². The number of benzene rings is 9. The highest BCUT2D eigenvalue weighted by Crippen LogP contribution is 2.45. The zero-order valence-corrected chi connectivity index (χ0v) is 31.5. The van der Waals surface area contributed by atoms with Crippen LogP contribution in [0.15, 0.2) is 217 Å². The number of nitrogens with zero attached hydrogens (tertiary/aromatic N) is 3. The summed E-state index contributed by atoms with van der Waals surface area (Å²) in [6, 6.07) is 74.5. The molecule has 0 aliphatic rings. The van der Waals surface area contributed by atoms with Gasteiger partial charge in [0.05, 0.1) is 22.8 Å². The molecule has 4 nitrogen and oxygen atoms in total. The van der Waals surface area contributed by atoms with Gasteiger partial charge >= 0.3 is 0 Å². The van der Waals surface area contributed by atoms with Gasteiger partial charge in [-0.25, -0.2) is 9.97 Å². The monoisotopic (exact) mass is 741 g/mol. The summed E-state index contributed by atoms with van der Waals surface area (Å²) in [4.78, 5) is 12.6. The van der Waals surface area contributed by atoms with Crippen molar-refractivity contribution in [3.63, 3.8) is 0 Å². The van der Waals surface area contributed by atoms with Crippen molar-refractivity contribution in [2.45, 2.75) is 0 Å². The first-order valence-corrected chi connectivity index (χ1v) is 19.6. The van der Waals surface area contributed by atoms with E-state index >= 15 is 0 Å². The van der Waals surface area contributed by atoms with Crippen LogP contribution in [-0.4, -0.2) is 9.97 Å². The average Bonchev–Trinajstić information content (AvgIpc) is 3.68. The summed E-state index contributed by atoms with van der Waals surface area (Å²) in [6.45, 7) is 0. The van der Waals surface area contributed by atoms with E-state index in [1.54, 1.807) is 0 Å². The Morgan fingerprint density at radius 2 is 1.02 bits per heavy atom. The van der Waals surface area contributed by atoms with Gasteiger partial charge in [0, 0.05) is 44.1 Å². The third-order valence-electron chi connectivity index (χ3n) is 11.1. The fraction of sp³-hybridized carbons (Fsp3) is 0. The third-order valence-corrected chi connectivity index (χ3v) is 11.1. The van der Waals surface area contributed by atoms with Crippen LogP contribution in [0.2, 0.25) is 0 Å². The second kappa shape index (κ2) is 14.0. The first kappa shape index (κ1) is 33.5. The van der Waals surface area contributed by atoms with Gasteiger partial charge in [-0.1, -0.05) is 164 Å². The van der Waals surface area contributed by atoms with Crippen LogP contribution in [0.4, 0.5) is 17.1 Å². The molecule has 0 N–H and O–H groups in total. The third kappa shape index (κ3) is 5.87. The van der Waals surface area contributed by atoms with E-state index in [-0.39, 0.29) is 0 Å². The lowest BCUT2D eigenvalue weighted by atomic mass is 9.97. The standard InChI is InChI=1S/C54H35N3O/c1-3-17-38(18-4-1)47-35-48(56-54(55-47)39-19-5-2-6-20-39)45-25-14-28-51-53(45)46-32-30-41(34-52(46)58-51)44-24-11-12-26-49(44)57(42-31-29-36-15-7-8-21-40(36)33-42)50-27-13-22-37-16-9-10-23-43(37)50/h1-35H. The summed E-state index contributed by atoms with van der Waals surface area (Å²) in [7, 11) is 0. The molecule has 2 heterocycles. The Labute approximate surface area is 335 Å². The molecule has 0 saturated carbocycles. The second-order valence-electron chi connectivity index (χ2n) is 14.6. The number of para-hydroxylation sites is 1. The van der Waals surface area contributed by atoms with Gasteiger partial charge in [-0.05, 0) is 70.3 Å². The number of rotatable bonds is 7. The van der Waals surface area contributed by atoms with E-state index in [0.29, 0.717) is 5.82 Å². The Hall–Kier alpha value is -7.82. The predicted octanol–water partition coefficient (Wildman–Crippen LogP) is 14.8. The zero-order valence-electron chi connectivity index (χ0n) is 31.5. The van der Waals surface area contributed by atoms with Gasteiger partial charge in [0.2, 0.25) is 0 Å². The van der Waals surface area contributed by atoms with Crippen molar-refractivity contribution in [2.75, 3.05) is 4.90 Å². The average molecular weight is 742 g/mol. The number of hydrogen-bond acceptors (Lipinski definition) is 4. The van der Waals surface area contributed by atoms with E-state index in [2.05, 4.69) is 169 Å². The molecular formula is C54H35N3O. The predicted molar refractivity (Wildman–Crippen MR) is 241 cm³/mol. The van der Waals surface area contributed by atoms with E-state index in [9.17, 15) is 0 Å². The Balaban J connectivity index is 1.08. The molecular weight excluding hydrogens is 707 g/mol. The Bertz CT molecular complexity index is 3240. The van der Waals surface area contributed by atoms with Crippen LogP contribution in [0.25, 0.3) is 88.5 Å². The van der Waals surface area contributed by atoms with E-state index in [4.69, 9.17) is 14.4 Å². The Kier molecular flexibility index (Phi) is 8.11. The molecule has 0 saturated heterocycles. The Morgan fingerprint density at radius 1 is 0.362 bits per heavy atom. The highest BCUT2D eigenvalue weighted by Gasteiger charge is 2.21. The molecule has 0 amide bonds. The lowest BCUT2D eigenvalue weighted by Gasteiger charge is -2.29. The number of fused-ring (bicyclic) bond motifs is 5. The van der Waals surface area contributed by atoms with Crippen molar-refractivity contribution in [3.05, 3.63) is 212 Å². The van der Waals surface area contributed by atoms with Crippen LogP contribution in [-0.2, 0) is 0 Å². The first-order chi connectivity index (χ1) is 28.7. The van der Waals surface area contributed by atoms with Crippen molar-refractivity contribution in [1.29, 1.82) is 0 Å². The molecule has 272 valence electrons. The molecule has 9 aromatic carbocycles. The van der Waals surface area contributed by atoms with Gasteiger partial charge < -0.3 is 9.32 Å². The van der Waals surface area contributed by atoms with E-state index in [1.807, 2.05) is 48.5 Å². The summed E-state index contributed by atoms with van der Waals surface area (Å²) in [6.07, 6.45) is 0. The Morgan fingerprint density at radius 3 is 1.88 bits per heavy atom. The summed E-state index contributed by atoms with van der Waals surface area (Å²) >= 11 is 0. The van der Waals surface area contributed by atoms with Crippen molar-refractivity contribution in [1.82, 2.24) is 9.97 Å². The lowest BCUT2D eigenvalue weighted by molar-refractivity contribution is 0.669. The molecule has 0 aliphatic heterocycles. The van der Waals surface area contributed by atoms with Crippen LogP contribution in [0.1, 0.15) is 0 Å². The molecule has 2 aromatic heterocycles. The summed E-state index contributed by atoms with van der Waals surface area (Å²) in [5.74, 6) is 0.683. The van der Waals surface area contributed by atoms with Gasteiger partial charge in [-0.15, -0.1) is 0 Å². The minimum atomic E-state index is 0.683. The van der Waals surface area contributed by atoms with Crippen molar-refractivity contribution < 1.29 is 4.42 Å². The van der Waals surface area contributed by atoms with Gasteiger partial charge in [0.25, 0.3) is 0 Å². The lowest BCUT2D eigenvalue weighted by Crippen LogP contribution is -2.11. The smallest absolute Gasteiger partial charge is 0.160 e. The molecule has 0 aliphatic carbocycles. The fourth-order valence-corrected chi connectivity index (χ4v) is 8.30. The molecule has 4 heteroatoms. The number of hydrogen-bond donors (Lipinski definition) is 0. The largest absolute Gasteiger partial charge is 0.456 e. The van der Waals surface area contributed by atoms with Crippen LogP contribution in [0.3, 0.4) is 0 Å². The molecule has 0 unspecified atom stereocenters. The van der Waals surface area contributed by atoms with Crippen molar-refractivity contribution in [3.8, 4) is 45.0 Å². The van der Waals surface area contributed by atoms with Gasteiger partial charge in [-0.2, -0.15) is 0 Å². The first-order valence-electron chi connectivity index (χ1n) is 19.6. The summed E-state index contributed by atoms with van der Waals surface area (Å²) < 4.78 is 6.72. The summed E-state index contributed by atoms with van der Waals surface area (Å²) in [5, 5.41) is 6.84. The maximum absolute atomic E-state index is 6.72. The fourth-order valence-electron chi connectivity index (χ4n) is 8.30. The normalized spacial score (nSPS) is 11.4. The molecule has 0 bridgehead atoms. The highest BCUT2D eigenvalue weighted by atomic mass is 16.3. The molecule has 0 radical (unpaired) electrons. The SMILES string of the molecule is c1ccc(-c2cc(-c3cccc4oc5cc(-c6ccccc6N(c6ccc7ccccc7c6)c6cccc7ccccc67)ccc5c34)nc(-c3ccccc3)n2)cc1. The van der Waals surface area contributed by atoms with E-state index in [1.165, 1.54) is 21.5 Å². The maximum Gasteiger partial charge on any atom is 0.160 e.